The lowest BCUT2D eigenvalue weighted by Crippen LogP contribution is -2.03. The number of anilines is 1. The van der Waals surface area contributed by atoms with Gasteiger partial charge in [0.05, 0.1) is 18.1 Å². The predicted molar refractivity (Wildman–Crippen MR) is 74.9 cm³/mol. The lowest BCUT2D eigenvalue weighted by atomic mass is 10.0. The molecule has 5 heteroatoms. The van der Waals surface area contributed by atoms with E-state index in [0.29, 0.717) is 11.4 Å². The van der Waals surface area contributed by atoms with Crippen LogP contribution in [0.1, 0.15) is 27.8 Å². The van der Waals surface area contributed by atoms with E-state index in [1.807, 2.05) is 19.1 Å². The quantitative estimate of drug-likeness (QED) is 0.849. The summed E-state index contributed by atoms with van der Waals surface area (Å²) in [5.41, 5.74) is 3.35. The molecule has 1 unspecified atom stereocenters. The summed E-state index contributed by atoms with van der Waals surface area (Å²) in [6, 6.07) is 5.51. The van der Waals surface area contributed by atoms with Crippen LogP contribution in [0.25, 0.3) is 0 Å². The van der Waals surface area contributed by atoms with Gasteiger partial charge < -0.3 is 9.73 Å². The summed E-state index contributed by atoms with van der Waals surface area (Å²) in [4.78, 5) is 11.4. The van der Waals surface area contributed by atoms with Gasteiger partial charge >= 0.3 is 0 Å². The number of benzene rings is 1. The molecule has 1 aromatic carbocycles. The fourth-order valence-electron chi connectivity index (χ4n) is 2.24. The highest BCUT2D eigenvalue weighted by Gasteiger charge is 2.23. The van der Waals surface area contributed by atoms with Crippen LogP contribution in [0.15, 0.2) is 28.9 Å². The average Bonchev–Trinajstić information content (AvgIpc) is 2.92. The van der Waals surface area contributed by atoms with Gasteiger partial charge in [0.15, 0.2) is 0 Å². The summed E-state index contributed by atoms with van der Waals surface area (Å²) in [5.74, 6) is 0.781. The molecule has 1 amide bonds. The number of carbonyl (C=O) groups excluding carboxylic acids is 1. The van der Waals surface area contributed by atoms with Crippen molar-refractivity contribution in [3.8, 4) is 0 Å². The average molecular weight is 296 g/mol. The van der Waals surface area contributed by atoms with Crippen molar-refractivity contribution < 1.29 is 9.21 Å². The summed E-state index contributed by atoms with van der Waals surface area (Å²) in [6.07, 6.45) is 1.99. The van der Waals surface area contributed by atoms with E-state index < -0.39 is 0 Å². The normalized spacial score (nSPS) is 15.2. The zero-order valence-electron chi connectivity index (χ0n) is 10.2. The summed E-state index contributed by atoms with van der Waals surface area (Å²) >= 11 is 12.7. The van der Waals surface area contributed by atoms with Crippen LogP contribution in [0.3, 0.4) is 0 Å². The molecule has 1 aliphatic heterocycles. The topological polar surface area (TPSA) is 42.2 Å². The van der Waals surface area contributed by atoms with Gasteiger partial charge in [0.2, 0.25) is 5.91 Å². The monoisotopic (exact) mass is 295 g/mol. The molecular formula is C14H11Cl2NO2. The molecule has 0 saturated heterocycles. The van der Waals surface area contributed by atoms with Crippen LogP contribution in [0.2, 0.25) is 5.02 Å². The van der Waals surface area contributed by atoms with Crippen molar-refractivity contribution in [3.05, 3.63) is 51.9 Å². The summed E-state index contributed by atoms with van der Waals surface area (Å²) in [6.45, 7) is 1.86. The highest BCUT2D eigenvalue weighted by molar-refractivity contribution is 6.33. The Morgan fingerprint density at radius 3 is 2.84 bits per heavy atom. The molecule has 2 aromatic rings. The van der Waals surface area contributed by atoms with E-state index in [2.05, 4.69) is 5.32 Å². The Labute approximate surface area is 120 Å². The van der Waals surface area contributed by atoms with Crippen LogP contribution in [-0.2, 0) is 11.2 Å². The van der Waals surface area contributed by atoms with E-state index in [1.54, 1.807) is 12.3 Å². The third-order valence-electron chi connectivity index (χ3n) is 3.16. The van der Waals surface area contributed by atoms with Crippen LogP contribution in [0.4, 0.5) is 5.69 Å². The Kier molecular flexibility index (Phi) is 3.03. The van der Waals surface area contributed by atoms with Crippen molar-refractivity contribution in [2.45, 2.75) is 18.7 Å². The molecule has 1 atom stereocenters. The molecule has 3 nitrogen and oxygen atoms in total. The van der Waals surface area contributed by atoms with Crippen LogP contribution in [0, 0.1) is 6.92 Å². The van der Waals surface area contributed by atoms with E-state index in [0.717, 1.165) is 28.1 Å². The van der Waals surface area contributed by atoms with Gasteiger partial charge in [0, 0.05) is 16.3 Å². The van der Waals surface area contributed by atoms with Crippen LogP contribution >= 0.6 is 23.2 Å². The number of furan rings is 1. The molecular weight excluding hydrogens is 285 g/mol. The third-order valence-corrected chi connectivity index (χ3v) is 3.98. The second-order valence-corrected chi connectivity index (χ2v) is 5.45. The number of nitrogens with one attached hydrogen (secondary N) is 1. The Morgan fingerprint density at radius 1 is 1.37 bits per heavy atom. The minimum Gasteiger partial charge on any atom is -0.469 e. The number of hydrogen-bond donors (Lipinski definition) is 1. The van der Waals surface area contributed by atoms with Gasteiger partial charge in [-0.2, -0.15) is 0 Å². The number of aryl methyl sites for hydroxylation is 1. The first-order valence-corrected chi connectivity index (χ1v) is 6.67. The van der Waals surface area contributed by atoms with Crippen molar-refractivity contribution in [1.82, 2.24) is 0 Å². The molecule has 0 aliphatic carbocycles. The number of halogens is 2. The number of alkyl halides is 1. The molecule has 0 saturated carbocycles. The summed E-state index contributed by atoms with van der Waals surface area (Å²) in [7, 11) is 0. The molecule has 19 heavy (non-hydrogen) atoms. The van der Waals surface area contributed by atoms with E-state index >= 15 is 0 Å². The molecule has 1 N–H and O–H groups in total. The first-order chi connectivity index (χ1) is 9.04. The fourth-order valence-corrected chi connectivity index (χ4v) is 2.86. The van der Waals surface area contributed by atoms with E-state index in [4.69, 9.17) is 27.6 Å². The van der Waals surface area contributed by atoms with Gasteiger partial charge in [-0.25, -0.2) is 0 Å². The maximum absolute atomic E-state index is 11.4. The molecule has 0 bridgehead atoms. The minimum atomic E-state index is -0.383. The van der Waals surface area contributed by atoms with Crippen molar-refractivity contribution in [2.24, 2.45) is 0 Å². The molecule has 1 aromatic heterocycles. The first-order valence-electron chi connectivity index (χ1n) is 5.86. The highest BCUT2D eigenvalue weighted by Crippen LogP contribution is 2.38. The molecule has 0 spiro atoms. The third kappa shape index (κ3) is 2.24. The van der Waals surface area contributed by atoms with Crippen molar-refractivity contribution >= 4 is 34.8 Å². The van der Waals surface area contributed by atoms with Crippen LogP contribution in [-0.4, -0.2) is 5.91 Å². The second kappa shape index (κ2) is 4.58. The Hall–Kier alpha value is -1.45. The molecule has 2 heterocycles. The lowest BCUT2D eigenvalue weighted by molar-refractivity contribution is -0.115. The Bertz CT molecular complexity index is 663. The number of carbonyl (C=O) groups is 1. The highest BCUT2D eigenvalue weighted by atomic mass is 35.5. The molecule has 0 radical (unpaired) electrons. The van der Waals surface area contributed by atoms with Gasteiger partial charge in [-0.05, 0) is 36.2 Å². The molecule has 1 aliphatic rings. The van der Waals surface area contributed by atoms with Crippen LogP contribution in [0.5, 0.6) is 0 Å². The SMILES string of the molecule is Cc1cc(C(Cl)c2cc3c(cc2Cl)NC(=O)C3)co1. The van der Waals surface area contributed by atoms with Gasteiger partial charge in [0.25, 0.3) is 0 Å². The zero-order chi connectivity index (χ0) is 13.6. The van der Waals surface area contributed by atoms with Gasteiger partial charge in [0.1, 0.15) is 5.76 Å². The number of hydrogen-bond acceptors (Lipinski definition) is 2. The Morgan fingerprint density at radius 2 is 2.16 bits per heavy atom. The Balaban J connectivity index is 2.02. The smallest absolute Gasteiger partial charge is 0.228 e. The molecule has 3 rings (SSSR count). The van der Waals surface area contributed by atoms with Crippen LogP contribution < -0.4 is 5.32 Å². The second-order valence-electron chi connectivity index (χ2n) is 4.61. The van der Waals surface area contributed by atoms with Crippen molar-refractivity contribution in [3.63, 3.8) is 0 Å². The molecule has 98 valence electrons. The maximum atomic E-state index is 11.4. The van der Waals surface area contributed by atoms with E-state index in [1.165, 1.54) is 0 Å². The van der Waals surface area contributed by atoms with Gasteiger partial charge in [-0.3, -0.25) is 4.79 Å². The predicted octanol–water partition coefficient (Wildman–Crippen LogP) is 4.06. The molecule has 0 fully saturated rings. The minimum absolute atomic E-state index is 0.0199. The van der Waals surface area contributed by atoms with Gasteiger partial charge in [-0.15, -0.1) is 11.6 Å². The fraction of sp³-hybridized carbons (Fsp3) is 0.214. The lowest BCUT2D eigenvalue weighted by Gasteiger charge is -2.12. The first kappa shape index (κ1) is 12.6. The standard InChI is InChI=1S/C14H11Cl2NO2/c1-7-2-9(6-19-7)14(16)10-3-8-4-13(18)17-12(8)5-11(10)15/h2-3,5-6,14H,4H2,1H3,(H,17,18). The summed E-state index contributed by atoms with van der Waals surface area (Å²) < 4.78 is 5.26. The number of rotatable bonds is 2. The zero-order valence-corrected chi connectivity index (χ0v) is 11.7. The maximum Gasteiger partial charge on any atom is 0.228 e. The van der Waals surface area contributed by atoms with Crippen molar-refractivity contribution in [1.29, 1.82) is 0 Å². The number of amides is 1. The van der Waals surface area contributed by atoms with E-state index in [-0.39, 0.29) is 11.3 Å². The number of fused-ring (bicyclic) bond motifs is 1. The largest absolute Gasteiger partial charge is 0.469 e. The van der Waals surface area contributed by atoms with Crippen molar-refractivity contribution in [2.75, 3.05) is 5.32 Å². The summed E-state index contributed by atoms with van der Waals surface area (Å²) in [5, 5.41) is 2.92. The van der Waals surface area contributed by atoms with Gasteiger partial charge in [-0.1, -0.05) is 11.6 Å². The van der Waals surface area contributed by atoms with E-state index in [9.17, 15) is 4.79 Å².